The van der Waals surface area contributed by atoms with E-state index in [0.717, 1.165) is 5.56 Å². The van der Waals surface area contributed by atoms with Crippen LogP contribution in [0.3, 0.4) is 0 Å². The van der Waals surface area contributed by atoms with Gasteiger partial charge in [0.2, 0.25) is 0 Å². The summed E-state index contributed by atoms with van der Waals surface area (Å²) in [6.45, 7) is 0.715. The molecule has 1 aromatic carbocycles. The molecule has 3 fully saturated rings. The van der Waals surface area contributed by atoms with Gasteiger partial charge in [-0.25, -0.2) is 4.79 Å². The zero-order chi connectivity index (χ0) is 11.9. The third-order valence-electron chi connectivity index (χ3n) is 3.58. The summed E-state index contributed by atoms with van der Waals surface area (Å²) in [6, 6.07) is 9.78. The van der Waals surface area contributed by atoms with Crippen molar-refractivity contribution in [3.05, 3.63) is 35.9 Å². The number of carbonyl (C=O) groups excluding carboxylic acids is 1. The highest BCUT2D eigenvalue weighted by atomic mass is 16.6. The fourth-order valence-electron chi connectivity index (χ4n) is 2.63. The summed E-state index contributed by atoms with van der Waals surface area (Å²) in [5.74, 6) is 0. The van der Waals surface area contributed by atoms with Crippen molar-refractivity contribution in [1.29, 1.82) is 0 Å². The normalized spacial score (nSPS) is 29.9. The summed E-state index contributed by atoms with van der Waals surface area (Å²) in [6.07, 6.45) is 1.09. The van der Waals surface area contributed by atoms with E-state index in [1.165, 1.54) is 0 Å². The number of fused-ring (bicyclic) bond motifs is 1. The van der Waals surface area contributed by atoms with Crippen molar-refractivity contribution in [3.8, 4) is 0 Å². The van der Waals surface area contributed by atoms with E-state index in [0.29, 0.717) is 26.0 Å². The van der Waals surface area contributed by atoms with Crippen LogP contribution in [0.1, 0.15) is 18.4 Å². The Hall–Kier alpha value is -1.55. The highest BCUT2D eigenvalue weighted by molar-refractivity contribution is 5.69. The van der Waals surface area contributed by atoms with Crippen molar-refractivity contribution in [2.75, 3.05) is 6.54 Å². The van der Waals surface area contributed by atoms with Gasteiger partial charge in [0, 0.05) is 6.04 Å². The minimum absolute atomic E-state index is 0.184. The van der Waals surface area contributed by atoms with Gasteiger partial charge in [-0.1, -0.05) is 30.3 Å². The lowest BCUT2D eigenvalue weighted by Crippen LogP contribution is -2.40. The van der Waals surface area contributed by atoms with E-state index in [1.807, 2.05) is 30.3 Å². The van der Waals surface area contributed by atoms with E-state index in [4.69, 9.17) is 4.74 Å². The monoisotopic (exact) mass is 233 g/mol. The number of carbonyl (C=O) groups is 1. The molecule has 2 saturated heterocycles. The van der Waals surface area contributed by atoms with Crippen LogP contribution in [0.25, 0.3) is 0 Å². The van der Waals surface area contributed by atoms with E-state index >= 15 is 0 Å². The van der Waals surface area contributed by atoms with Crippen molar-refractivity contribution in [2.45, 2.75) is 31.1 Å². The van der Waals surface area contributed by atoms with Gasteiger partial charge in [-0.15, -0.1) is 0 Å². The predicted molar refractivity (Wildman–Crippen MR) is 61.3 cm³/mol. The van der Waals surface area contributed by atoms with Crippen LogP contribution >= 0.6 is 0 Å². The molecular formula is C13H15NO3. The van der Waals surface area contributed by atoms with Gasteiger partial charge < -0.3 is 14.7 Å². The maximum Gasteiger partial charge on any atom is 0.410 e. The number of aliphatic hydroxyl groups is 1. The number of benzene rings is 1. The molecule has 17 heavy (non-hydrogen) atoms. The molecular weight excluding hydrogens is 218 g/mol. The Morgan fingerprint density at radius 1 is 1.41 bits per heavy atom. The molecule has 1 saturated carbocycles. The van der Waals surface area contributed by atoms with Gasteiger partial charge in [-0.3, -0.25) is 0 Å². The van der Waals surface area contributed by atoms with E-state index in [-0.39, 0.29) is 12.1 Å². The number of nitrogens with zero attached hydrogens (tertiary/aromatic N) is 1. The van der Waals surface area contributed by atoms with Crippen LogP contribution < -0.4 is 0 Å². The lowest BCUT2D eigenvalue weighted by molar-refractivity contribution is 0.00688. The second-order valence-electron chi connectivity index (χ2n) is 4.95. The highest BCUT2D eigenvalue weighted by Gasteiger charge is 2.56. The SMILES string of the molecule is O=C(OCc1ccccc1)N1CC2(O)CC1C2. The van der Waals surface area contributed by atoms with Gasteiger partial charge in [0.05, 0.1) is 12.1 Å². The van der Waals surface area contributed by atoms with Crippen molar-refractivity contribution in [2.24, 2.45) is 0 Å². The van der Waals surface area contributed by atoms with Crippen molar-refractivity contribution >= 4 is 6.09 Å². The molecule has 1 aliphatic carbocycles. The minimum Gasteiger partial charge on any atom is -0.445 e. The maximum atomic E-state index is 11.8. The molecule has 0 spiro atoms. The molecule has 0 unspecified atom stereocenters. The number of ether oxygens (including phenoxy) is 1. The van der Waals surface area contributed by atoms with Crippen LogP contribution in [-0.4, -0.2) is 34.3 Å². The number of amides is 1. The summed E-state index contributed by atoms with van der Waals surface area (Å²) in [5.41, 5.74) is 0.349. The maximum absolute atomic E-state index is 11.8. The smallest absolute Gasteiger partial charge is 0.410 e. The van der Waals surface area contributed by atoms with Crippen LogP contribution in [0.4, 0.5) is 4.79 Å². The van der Waals surface area contributed by atoms with Gasteiger partial charge in [0.25, 0.3) is 0 Å². The Morgan fingerprint density at radius 3 is 2.71 bits per heavy atom. The van der Waals surface area contributed by atoms with E-state index < -0.39 is 5.60 Å². The summed E-state index contributed by atoms with van der Waals surface area (Å²) < 4.78 is 5.23. The molecule has 1 amide bonds. The predicted octanol–water partition coefficient (Wildman–Crippen LogP) is 1.53. The molecule has 4 nitrogen and oxygen atoms in total. The van der Waals surface area contributed by atoms with Crippen molar-refractivity contribution in [1.82, 2.24) is 4.90 Å². The van der Waals surface area contributed by atoms with Gasteiger partial charge in [-0.2, -0.15) is 0 Å². The molecule has 4 heteroatoms. The molecule has 1 N–H and O–H groups in total. The van der Waals surface area contributed by atoms with Gasteiger partial charge in [0.15, 0.2) is 0 Å². The lowest BCUT2D eigenvalue weighted by Gasteiger charge is -2.31. The number of hydrogen-bond donors (Lipinski definition) is 1. The van der Waals surface area contributed by atoms with Crippen LogP contribution in [0.15, 0.2) is 30.3 Å². The molecule has 4 rings (SSSR count). The lowest BCUT2D eigenvalue weighted by atomic mass is 9.82. The number of rotatable bonds is 2. The van der Waals surface area contributed by atoms with Crippen LogP contribution in [0, 0.1) is 0 Å². The molecule has 2 aliphatic heterocycles. The summed E-state index contributed by atoms with van der Waals surface area (Å²) in [7, 11) is 0. The number of hydrogen-bond acceptors (Lipinski definition) is 3. The third kappa shape index (κ3) is 1.89. The van der Waals surface area contributed by atoms with E-state index in [9.17, 15) is 9.90 Å². The third-order valence-corrected chi connectivity index (χ3v) is 3.58. The Kier molecular flexibility index (Phi) is 2.33. The highest BCUT2D eigenvalue weighted by Crippen LogP contribution is 2.44. The molecule has 0 aromatic heterocycles. The molecule has 1 aromatic rings. The topological polar surface area (TPSA) is 49.8 Å². The fraction of sp³-hybridized carbons (Fsp3) is 0.462. The molecule has 3 aliphatic rings. The Balaban J connectivity index is 1.55. The zero-order valence-electron chi connectivity index (χ0n) is 9.50. The first-order chi connectivity index (χ1) is 8.16. The standard InChI is InChI=1S/C13H15NO3/c15-12(14-9-13(16)6-11(14)7-13)17-8-10-4-2-1-3-5-10/h1-5,11,16H,6-9H2. The fourth-order valence-corrected chi connectivity index (χ4v) is 2.63. The summed E-state index contributed by atoms with van der Waals surface area (Å²) in [4.78, 5) is 13.4. The zero-order valence-corrected chi connectivity index (χ0v) is 9.50. The van der Waals surface area contributed by atoms with Crippen molar-refractivity contribution in [3.63, 3.8) is 0 Å². The first kappa shape index (κ1) is 10.6. The van der Waals surface area contributed by atoms with Gasteiger partial charge in [0.1, 0.15) is 6.61 Å². The molecule has 90 valence electrons. The Labute approximate surface area is 99.8 Å². The largest absolute Gasteiger partial charge is 0.445 e. The van der Waals surface area contributed by atoms with E-state index in [2.05, 4.69) is 0 Å². The first-order valence-corrected chi connectivity index (χ1v) is 5.86. The molecule has 2 bridgehead atoms. The summed E-state index contributed by atoms with van der Waals surface area (Å²) in [5, 5.41) is 9.82. The molecule has 0 atom stereocenters. The van der Waals surface area contributed by atoms with Gasteiger partial charge >= 0.3 is 6.09 Å². The summed E-state index contributed by atoms with van der Waals surface area (Å²) >= 11 is 0. The Bertz CT molecular complexity index is 426. The van der Waals surface area contributed by atoms with Crippen LogP contribution in [0.2, 0.25) is 0 Å². The van der Waals surface area contributed by atoms with Crippen LogP contribution in [0.5, 0.6) is 0 Å². The quantitative estimate of drug-likeness (QED) is 0.842. The van der Waals surface area contributed by atoms with Crippen LogP contribution in [-0.2, 0) is 11.3 Å². The molecule has 2 heterocycles. The minimum atomic E-state index is -0.629. The second kappa shape index (κ2) is 3.74. The molecule has 0 radical (unpaired) electrons. The van der Waals surface area contributed by atoms with Crippen molar-refractivity contribution < 1.29 is 14.6 Å². The second-order valence-corrected chi connectivity index (χ2v) is 4.95. The van der Waals surface area contributed by atoms with E-state index in [1.54, 1.807) is 4.90 Å². The van der Waals surface area contributed by atoms with Gasteiger partial charge in [-0.05, 0) is 18.4 Å². The average molecular weight is 233 g/mol. The average Bonchev–Trinajstić information content (AvgIpc) is 2.81. The Morgan fingerprint density at radius 2 is 2.12 bits per heavy atom. The first-order valence-electron chi connectivity index (χ1n) is 5.86.